The number of pyridine rings is 1. The molecule has 0 fully saturated rings. The van der Waals surface area contributed by atoms with Gasteiger partial charge in [-0.15, -0.1) is 11.3 Å². The van der Waals surface area contributed by atoms with Gasteiger partial charge in [0.1, 0.15) is 5.52 Å². The van der Waals surface area contributed by atoms with Gasteiger partial charge in [-0.3, -0.25) is 4.40 Å². The molecule has 3 heterocycles. The third kappa shape index (κ3) is 1.31. The molecule has 0 bridgehead atoms. The van der Waals surface area contributed by atoms with Crippen molar-refractivity contribution in [1.82, 2.24) is 9.38 Å². The van der Waals surface area contributed by atoms with Crippen LogP contribution in [-0.2, 0) is 0 Å². The predicted octanol–water partition coefficient (Wildman–Crippen LogP) is 3.30. The van der Waals surface area contributed by atoms with Crippen molar-refractivity contribution in [3.63, 3.8) is 0 Å². The van der Waals surface area contributed by atoms with Gasteiger partial charge in [0, 0.05) is 6.20 Å². The normalized spacial score (nSPS) is 11.1. The topological polar surface area (TPSA) is 43.3 Å². The Morgan fingerprint density at radius 3 is 2.94 bits per heavy atom. The van der Waals surface area contributed by atoms with Gasteiger partial charge in [0.2, 0.25) is 0 Å². The first-order valence-electron chi connectivity index (χ1n) is 4.73. The SMILES string of the molecule is Nc1cccn2c(-c3cccs3)nc(Cl)c12. The molecule has 3 rings (SSSR count). The van der Waals surface area contributed by atoms with Crippen molar-refractivity contribution in [2.75, 3.05) is 5.73 Å². The van der Waals surface area contributed by atoms with E-state index in [0.29, 0.717) is 10.8 Å². The van der Waals surface area contributed by atoms with Crippen molar-refractivity contribution in [1.29, 1.82) is 0 Å². The molecule has 0 aromatic carbocycles. The Morgan fingerprint density at radius 2 is 2.19 bits per heavy atom. The molecule has 3 aromatic rings. The fourth-order valence-electron chi connectivity index (χ4n) is 1.70. The van der Waals surface area contributed by atoms with E-state index in [0.717, 1.165) is 16.2 Å². The third-order valence-corrected chi connectivity index (χ3v) is 3.52. The Kier molecular flexibility index (Phi) is 2.12. The summed E-state index contributed by atoms with van der Waals surface area (Å²) in [7, 11) is 0. The molecule has 80 valence electrons. The smallest absolute Gasteiger partial charge is 0.157 e. The highest BCUT2D eigenvalue weighted by molar-refractivity contribution is 7.13. The van der Waals surface area contributed by atoms with Gasteiger partial charge in [-0.2, -0.15) is 0 Å². The van der Waals surface area contributed by atoms with Crippen LogP contribution in [0.3, 0.4) is 0 Å². The third-order valence-electron chi connectivity index (χ3n) is 2.39. The Morgan fingerprint density at radius 1 is 1.31 bits per heavy atom. The summed E-state index contributed by atoms with van der Waals surface area (Å²) >= 11 is 7.72. The minimum Gasteiger partial charge on any atom is -0.397 e. The summed E-state index contributed by atoms with van der Waals surface area (Å²) < 4.78 is 1.92. The molecular weight excluding hydrogens is 242 g/mol. The summed E-state index contributed by atoms with van der Waals surface area (Å²) in [6, 6.07) is 7.71. The molecule has 3 nitrogen and oxygen atoms in total. The van der Waals surface area contributed by atoms with E-state index in [1.54, 1.807) is 11.3 Å². The molecule has 0 saturated heterocycles. The van der Waals surface area contributed by atoms with E-state index in [1.165, 1.54) is 0 Å². The van der Waals surface area contributed by atoms with E-state index in [-0.39, 0.29) is 0 Å². The Bertz CT molecular complexity index is 643. The van der Waals surface area contributed by atoms with Crippen molar-refractivity contribution < 1.29 is 0 Å². The molecular formula is C11H8ClN3S. The second-order valence-corrected chi connectivity index (χ2v) is 4.69. The van der Waals surface area contributed by atoms with Crippen molar-refractivity contribution in [2.24, 2.45) is 0 Å². The highest BCUT2D eigenvalue weighted by atomic mass is 35.5. The van der Waals surface area contributed by atoms with Crippen LogP contribution in [0.2, 0.25) is 5.15 Å². The first-order valence-corrected chi connectivity index (χ1v) is 5.99. The number of hydrogen-bond donors (Lipinski definition) is 1. The number of aromatic nitrogens is 2. The molecule has 16 heavy (non-hydrogen) atoms. The molecule has 5 heteroatoms. The van der Waals surface area contributed by atoms with Crippen LogP contribution in [0.4, 0.5) is 5.69 Å². The lowest BCUT2D eigenvalue weighted by atomic mass is 10.3. The number of fused-ring (bicyclic) bond motifs is 1. The van der Waals surface area contributed by atoms with E-state index in [2.05, 4.69) is 4.98 Å². The van der Waals surface area contributed by atoms with E-state index in [4.69, 9.17) is 17.3 Å². The van der Waals surface area contributed by atoms with Crippen LogP contribution in [0.5, 0.6) is 0 Å². The number of thiophene rings is 1. The van der Waals surface area contributed by atoms with Crippen LogP contribution in [-0.4, -0.2) is 9.38 Å². The number of hydrogen-bond acceptors (Lipinski definition) is 3. The number of nitrogens with two attached hydrogens (primary N) is 1. The van der Waals surface area contributed by atoms with Gasteiger partial charge >= 0.3 is 0 Å². The van der Waals surface area contributed by atoms with Crippen LogP contribution in [0.25, 0.3) is 16.2 Å². The van der Waals surface area contributed by atoms with Gasteiger partial charge in [0.25, 0.3) is 0 Å². The molecule has 0 aliphatic heterocycles. The maximum absolute atomic E-state index is 6.09. The first kappa shape index (κ1) is 9.69. The van der Waals surface area contributed by atoms with Gasteiger partial charge in [0.05, 0.1) is 10.6 Å². The van der Waals surface area contributed by atoms with Gasteiger partial charge in [0.15, 0.2) is 11.0 Å². The number of anilines is 1. The maximum atomic E-state index is 6.09. The lowest BCUT2D eigenvalue weighted by Gasteiger charge is -2.00. The average Bonchev–Trinajstić information content (AvgIpc) is 2.86. The van der Waals surface area contributed by atoms with E-state index >= 15 is 0 Å². The standard InChI is InChI=1S/C11H8ClN3S/c12-10-9-7(13)3-1-5-15(9)11(14-10)8-4-2-6-16-8/h1-6H,13H2. The quantitative estimate of drug-likeness (QED) is 0.719. The second kappa shape index (κ2) is 3.50. The van der Waals surface area contributed by atoms with Crippen LogP contribution in [0.15, 0.2) is 35.8 Å². The highest BCUT2D eigenvalue weighted by Crippen LogP contribution is 2.31. The number of nitrogens with zero attached hydrogens (tertiary/aromatic N) is 2. The second-order valence-electron chi connectivity index (χ2n) is 3.39. The van der Waals surface area contributed by atoms with Crippen molar-refractivity contribution in [3.8, 4) is 10.7 Å². The van der Waals surface area contributed by atoms with Crippen LogP contribution >= 0.6 is 22.9 Å². The summed E-state index contributed by atoms with van der Waals surface area (Å²) in [5.41, 5.74) is 7.29. The molecule has 0 spiro atoms. The zero-order chi connectivity index (χ0) is 11.1. The van der Waals surface area contributed by atoms with Crippen molar-refractivity contribution in [2.45, 2.75) is 0 Å². The molecule has 0 atom stereocenters. The first-order chi connectivity index (χ1) is 7.77. The summed E-state index contributed by atoms with van der Waals surface area (Å²) in [4.78, 5) is 5.43. The fourth-order valence-corrected chi connectivity index (χ4v) is 2.69. The Hall–Kier alpha value is -1.52. The number of nitrogen functional groups attached to an aromatic ring is 1. The molecule has 3 aromatic heterocycles. The largest absolute Gasteiger partial charge is 0.397 e. The average molecular weight is 250 g/mol. The zero-order valence-electron chi connectivity index (χ0n) is 8.22. The lowest BCUT2D eigenvalue weighted by Crippen LogP contribution is -1.92. The summed E-state index contributed by atoms with van der Waals surface area (Å²) in [6.07, 6.45) is 1.92. The summed E-state index contributed by atoms with van der Waals surface area (Å²) in [6.45, 7) is 0. The van der Waals surface area contributed by atoms with E-state index < -0.39 is 0 Å². The molecule has 0 radical (unpaired) electrons. The predicted molar refractivity (Wildman–Crippen MR) is 67.9 cm³/mol. The van der Waals surface area contributed by atoms with Crippen molar-refractivity contribution in [3.05, 3.63) is 41.0 Å². The minimum atomic E-state index is 0.446. The van der Waals surface area contributed by atoms with Crippen LogP contribution in [0.1, 0.15) is 0 Å². The van der Waals surface area contributed by atoms with Gasteiger partial charge in [-0.1, -0.05) is 17.7 Å². The molecule has 0 unspecified atom stereocenters. The maximum Gasteiger partial charge on any atom is 0.157 e. The molecule has 0 aliphatic rings. The van der Waals surface area contributed by atoms with Crippen molar-refractivity contribution >= 4 is 34.1 Å². The van der Waals surface area contributed by atoms with Gasteiger partial charge < -0.3 is 5.73 Å². The van der Waals surface area contributed by atoms with Gasteiger partial charge in [-0.25, -0.2) is 4.98 Å². The number of imidazole rings is 1. The Labute approximate surface area is 101 Å². The van der Waals surface area contributed by atoms with Crippen LogP contribution < -0.4 is 5.73 Å². The molecule has 2 N–H and O–H groups in total. The summed E-state index contributed by atoms with van der Waals surface area (Å²) in [5.74, 6) is 0.835. The van der Waals surface area contributed by atoms with Gasteiger partial charge in [-0.05, 0) is 23.6 Å². The summed E-state index contributed by atoms with van der Waals surface area (Å²) in [5, 5.41) is 2.46. The molecule has 0 aliphatic carbocycles. The Balaban J connectivity index is 2.40. The molecule has 0 amide bonds. The van der Waals surface area contributed by atoms with E-state index in [9.17, 15) is 0 Å². The lowest BCUT2D eigenvalue weighted by molar-refractivity contribution is 1.17. The highest BCUT2D eigenvalue weighted by Gasteiger charge is 2.13. The zero-order valence-corrected chi connectivity index (χ0v) is 9.79. The number of rotatable bonds is 1. The van der Waals surface area contributed by atoms with E-state index in [1.807, 2.05) is 40.2 Å². The minimum absolute atomic E-state index is 0.446. The molecule has 0 saturated carbocycles. The number of halogens is 1. The fraction of sp³-hybridized carbons (Fsp3) is 0. The monoisotopic (exact) mass is 249 g/mol. The van der Waals surface area contributed by atoms with Crippen LogP contribution in [0, 0.1) is 0 Å².